The number of rotatable bonds is 3. The zero-order valence-electron chi connectivity index (χ0n) is 12.0. The molecule has 0 unspecified atom stereocenters. The van der Waals surface area contributed by atoms with Crippen molar-refractivity contribution in [2.24, 2.45) is 4.40 Å². The van der Waals surface area contributed by atoms with Crippen LogP contribution in [0.4, 0.5) is 14.5 Å². The molecule has 1 aliphatic heterocycles. The van der Waals surface area contributed by atoms with Crippen LogP contribution in [0.25, 0.3) is 0 Å². The van der Waals surface area contributed by atoms with E-state index in [1.165, 1.54) is 11.2 Å². The second-order valence-electron chi connectivity index (χ2n) is 4.69. The van der Waals surface area contributed by atoms with Crippen LogP contribution in [-0.2, 0) is 10.0 Å². The zero-order chi connectivity index (χ0) is 16.6. The molecule has 0 fully saturated rings. The van der Waals surface area contributed by atoms with Gasteiger partial charge in [0.2, 0.25) is 0 Å². The summed E-state index contributed by atoms with van der Waals surface area (Å²) in [6.45, 7) is 2.18. The first-order valence-corrected chi connectivity index (χ1v) is 8.17. The van der Waals surface area contributed by atoms with E-state index in [1.54, 1.807) is 25.1 Å². The van der Waals surface area contributed by atoms with E-state index in [1.807, 2.05) is 0 Å². The number of anilines is 1. The van der Waals surface area contributed by atoms with Crippen molar-refractivity contribution >= 4 is 21.5 Å². The minimum Gasteiger partial charge on any atom is -0.256 e. The van der Waals surface area contributed by atoms with E-state index >= 15 is 0 Å². The van der Waals surface area contributed by atoms with E-state index < -0.39 is 26.6 Å². The highest BCUT2D eigenvalue weighted by atomic mass is 32.2. The lowest BCUT2D eigenvalue weighted by atomic mass is 10.2. The fraction of sp³-hybridized carbons (Fsp3) is 0.143. The lowest BCUT2D eigenvalue weighted by Gasteiger charge is -2.30. The molecule has 2 aromatic rings. The number of halogens is 2. The molecule has 1 N–H and O–H groups in total. The molecule has 0 saturated heterocycles. The fourth-order valence-corrected chi connectivity index (χ4v) is 3.36. The highest BCUT2D eigenvalue weighted by Crippen LogP contribution is 2.33. The van der Waals surface area contributed by atoms with Crippen LogP contribution >= 0.6 is 0 Å². The monoisotopic (exact) mass is 338 g/mol. The highest BCUT2D eigenvalue weighted by molar-refractivity contribution is 7.90. The van der Waals surface area contributed by atoms with Crippen LogP contribution < -0.4 is 10.4 Å². The second-order valence-corrected chi connectivity index (χ2v) is 6.26. The molecule has 0 bridgehead atoms. The largest absolute Gasteiger partial charge is 0.286 e. The maximum absolute atomic E-state index is 13.6. The minimum atomic E-state index is -4.17. The van der Waals surface area contributed by atoms with Crippen molar-refractivity contribution in [1.29, 1.82) is 0 Å². The third-order valence-electron chi connectivity index (χ3n) is 3.15. The van der Waals surface area contributed by atoms with Crippen LogP contribution in [0.3, 0.4) is 0 Å². The van der Waals surface area contributed by atoms with Crippen LogP contribution in [0.1, 0.15) is 12.6 Å². The van der Waals surface area contributed by atoms with Crippen LogP contribution in [0.2, 0.25) is 0 Å². The summed E-state index contributed by atoms with van der Waals surface area (Å²) in [5, 5.41) is 1.29. The molecule has 0 saturated carbocycles. The number of aromatic nitrogens is 1. The molecule has 0 aliphatic carbocycles. The van der Waals surface area contributed by atoms with E-state index in [2.05, 4.69) is 14.8 Å². The number of hydrogen-bond acceptors (Lipinski definition) is 5. The van der Waals surface area contributed by atoms with Gasteiger partial charge in [-0.05, 0) is 18.2 Å². The molecule has 0 atom stereocenters. The molecule has 1 aliphatic rings. The summed E-state index contributed by atoms with van der Waals surface area (Å²) in [6, 6.07) is 6.36. The van der Waals surface area contributed by atoms with Crippen molar-refractivity contribution in [1.82, 2.24) is 10.4 Å². The first-order valence-electron chi connectivity index (χ1n) is 6.73. The van der Waals surface area contributed by atoms with Gasteiger partial charge >= 0.3 is 0 Å². The van der Waals surface area contributed by atoms with Gasteiger partial charge < -0.3 is 0 Å². The third kappa shape index (κ3) is 2.68. The molecular weight excluding hydrogens is 326 g/mol. The van der Waals surface area contributed by atoms with Crippen molar-refractivity contribution in [3.63, 3.8) is 0 Å². The first-order chi connectivity index (χ1) is 10.9. The predicted octanol–water partition coefficient (Wildman–Crippen LogP) is 1.84. The Labute approximate surface area is 131 Å². The lowest BCUT2D eigenvalue weighted by Crippen LogP contribution is -2.46. The average Bonchev–Trinajstić information content (AvgIpc) is 2.53. The van der Waals surface area contributed by atoms with Gasteiger partial charge in [0.25, 0.3) is 10.0 Å². The molecule has 2 heterocycles. The predicted molar refractivity (Wildman–Crippen MR) is 80.5 cm³/mol. The van der Waals surface area contributed by atoms with Crippen molar-refractivity contribution < 1.29 is 17.2 Å². The molecule has 23 heavy (non-hydrogen) atoms. The van der Waals surface area contributed by atoms with Crippen LogP contribution in [0.5, 0.6) is 0 Å². The SMILES string of the molecule is CCNN1C(c2ccccn2)=NS(=O)(=O)c2cc(F)c(F)cc21. The van der Waals surface area contributed by atoms with E-state index in [0.29, 0.717) is 12.6 Å². The van der Waals surface area contributed by atoms with E-state index in [9.17, 15) is 17.2 Å². The Morgan fingerprint density at radius 1 is 1.22 bits per heavy atom. The van der Waals surface area contributed by atoms with E-state index in [0.717, 1.165) is 6.07 Å². The highest BCUT2D eigenvalue weighted by Gasteiger charge is 2.33. The maximum atomic E-state index is 13.6. The molecule has 120 valence electrons. The minimum absolute atomic E-state index is 0.00837. The standard InChI is InChI=1S/C14H12F2N4O2S/c1-2-18-20-12-7-9(15)10(16)8-13(12)23(21,22)19-14(20)11-5-3-4-6-17-11/h3-8,18H,2H2,1H3. The first kappa shape index (κ1) is 15.5. The van der Waals surface area contributed by atoms with Crippen molar-refractivity contribution in [3.05, 3.63) is 53.9 Å². The molecule has 1 aromatic heterocycles. The number of hydrazine groups is 1. The topological polar surface area (TPSA) is 74.7 Å². The molecule has 0 amide bonds. The van der Waals surface area contributed by atoms with E-state index in [4.69, 9.17) is 0 Å². The summed E-state index contributed by atoms with van der Waals surface area (Å²) in [7, 11) is -4.17. The van der Waals surface area contributed by atoms with Crippen molar-refractivity contribution in [2.45, 2.75) is 11.8 Å². The molecule has 6 nitrogen and oxygen atoms in total. The summed E-state index contributed by atoms with van der Waals surface area (Å²) >= 11 is 0. The summed E-state index contributed by atoms with van der Waals surface area (Å²) in [4.78, 5) is 3.66. The van der Waals surface area contributed by atoms with Gasteiger partial charge in [-0.2, -0.15) is 8.42 Å². The molecule has 9 heteroatoms. The summed E-state index contributed by atoms with van der Waals surface area (Å²) < 4.78 is 55.4. The number of hydrogen-bond donors (Lipinski definition) is 1. The normalized spacial score (nSPS) is 16.0. The number of amidine groups is 1. The number of benzene rings is 1. The van der Waals surface area contributed by atoms with Gasteiger partial charge in [-0.15, -0.1) is 4.40 Å². The van der Waals surface area contributed by atoms with Gasteiger partial charge in [-0.1, -0.05) is 13.0 Å². The summed E-state index contributed by atoms with van der Waals surface area (Å²) in [5.41, 5.74) is 3.13. The van der Waals surface area contributed by atoms with Gasteiger partial charge in [-0.3, -0.25) is 9.99 Å². The summed E-state index contributed by atoms with van der Waals surface area (Å²) in [5.74, 6) is -2.41. The quantitative estimate of drug-likeness (QED) is 0.924. The Kier molecular flexibility index (Phi) is 3.82. The summed E-state index contributed by atoms with van der Waals surface area (Å²) in [6.07, 6.45) is 1.48. The molecule has 1 aromatic carbocycles. The van der Waals surface area contributed by atoms with Gasteiger partial charge in [-0.25, -0.2) is 14.2 Å². The smallest absolute Gasteiger partial charge is 0.256 e. The number of pyridine rings is 1. The van der Waals surface area contributed by atoms with Crippen molar-refractivity contribution in [3.8, 4) is 0 Å². The van der Waals surface area contributed by atoms with Gasteiger partial charge in [0, 0.05) is 18.8 Å². The van der Waals surface area contributed by atoms with Crippen molar-refractivity contribution in [2.75, 3.05) is 11.6 Å². The molecule has 0 spiro atoms. The number of fused-ring (bicyclic) bond motifs is 1. The zero-order valence-corrected chi connectivity index (χ0v) is 12.8. The Morgan fingerprint density at radius 2 is 1.96 bits per heavy atom. The third-order valence-corrected chi connectivity index (χ3v) is 4.45. The van der Waals surface area contributed by atoms with Crippen LogP contribution in [-0.4, -0.2) is 25.8 Å². The van der Waals surface area contributed by atoms with Gasteiger partial charge in [0.05, 0.1) is 5.69 Å². The Hall–Kier alpha value is -2.39. The second kappa shape index (κ2) is 5.67. The Morgan fingerprint density at radius 3 is 2.61 bits per heavy atom. The molecule has 3 rings (SSSR count). The number of nitrogens with one attached hydrogen (secondary N) is 1. The lowest BCUT2D eigenvalue weighted by molar-refractivity contribution is 0.503. The number of sulfonamides is 1. The molecule has 0 radical (unpaired) electrons. The maximum Gasteiger partial charge on any atom is 0.286 e. The fourth-order valence-electron chi connectivity index (χ4n) is 2.19. The number of nitrogens with zero attached hydrogens (tertiary/aromatic N) is 3. The van der Waals surface area contributed by atoms with Crippen LogP contribution in [0, 0.1) is 11.6 Å². The van der Waals surface area contributed by atoms with E-state index in [-0.39, 0.29) is 17.2 Å². The van der Waals surface area contributed by atoms with Gasteiger partial charge in [0.15, 0.2) is 17.5 Å². The van der Waals surface area contributed by atoms with Crippen LogP contribution in [0.15, 0.2) is 45.8 Å². The van der Waals surface area contributed by atoms with Gasteiger partial charge in [0.1, 0.15) is 10.6 Å². The Balaban J connectivity index is 2.27. The average molecular weight is 338 g/mol. The molecular formula is C14H12F2N4O2S. The Bertz CT molecular complexity index is 885.